The smallest absolute Gasteiger partial charge is 0.223 e. The molecule has 174 valence electrons. The van der Waals surface area contributed by atoms with Gasteiger partial charge in [0.2, 0.25) is 5.91 Å². The Morgan fingerprint density at radius 3 is 2.59 bits per heavy atom. The van der Waals surface area contributed by atoms with E-state index in [9.17, 15) is 4.79 Å². The molecule has 3 aromatic carbocycles. The van der Waals surface area contributed by atoms with Crippen LogP contribution in [0.2, 0.25) is 0 Å². The van der Waals surface area contributed by atoms with Crippen LogP contribution in [0.25, 0.3) is 11.0 Å². The van der Waals surface area contributed by atoms with Gasteiger partial charge in [-0.25, -0.2) is 4.98 Å². The van der Waals surface area contributed by atoms with Crippen molar-refractivity contribution in [3.05, 3.63) is 95.3 Å². The molecule has 34 heavy (non-hydrogen) atoms. The summed E-state index contributed by atoms with van der Waals surface area (Å²) in [5, 5.41) is 0. The second-order valence-corrected chi connectivity index (χ2v) is 9.22. The van der Waals surface area contributed by atoms with E-state index in [0.29, 0.717) is 26.1 Å². The molecule has 5 rings (SSSR count). The average molecular weight is 454 g/mol. The van der Waals surface area contributed by atoms with Gasteiger partial charge in [0, 0.05) is 32.0 Å². The number of carbonyl (C=O) groups excluding carboxylic acids is 1. The minimum absolute atomic E-state index is 0.101. The van der Waals surface area contributed by atoms with E-state index in [1.165, 1.54) is 11.1 Å². The summed E-state index contributed by atoms with van der Waals surface area (Å²) in [6, 6.07) is 24.7. The first-order valence-corrected chi connectivity index (χ1v) is 12.1. The van der Waals surface area contributed by atoms with Crippen LogP contribution < -0.4 is 4.74 Å². The molecule has 1 aromatic heterocycles. The predicted molar refractivity (Wildman–Crippen MR) is 135 cm³/mol. The Morgan fingerprint density at radius 1 is 0.971 bits per heavy atom. The van der Waals surface area contributed by atoms with Gasteiger partial charge in [-0.15, -0.1) is 0 Å². The van der Waals surface area contributed by atoms with Crippen molar-refractivity contribution < 1.29 is 9.53 Å². The van der Waals surface area contributed by atoms with E-state index in [1.807, 2.05) is 35.2 Å². The molecule has 5 heteroatoms. The Kier molecular flexibility index (Phi) is 6.35. The number of nitrogens with zero attached hydrogens (tertiary/aromatic N) is 3. The molecule has 0 saturated carbocycles. The number of rotatable bonds is 8. The van der Waals surface area contributed by atoms with Crippen molar-refractivity contribution in [3.8, 4) is 5.75 Å². The molecule has 1 saturated heterocycles. The molecule has 0 N–H and O–H groups in total. The third kappa shape index (κ3) is 4.69. The van der Waals surface area contributed by atoms with Crippen molar-refractivity contribution in [2.24, 2.45) is 0 Å². The molecule has 0 aliphatic carbocycles. The molecule has 1 amide bonds. The van der Waals surface area contributed by atoms with E-state index < -0.39 is 0 Å². The zero-order chi connectivity index (χ0) is 23.5. The van der Waals surface area contributed by atoms with Crippen molar-refractivity contribution in [3.63, 3.8) is 0 Å². The second-order valence-electron chi connectivity index (χ2n) is 9.22. The van der Waals surface area contributed by atoms with Crippen LogP contribution in [-0.2, 0) is 17.9 Å². The summed E-state index contributed by atoms with van der Waals surface area (Å²) < 4.78 is 8.32. The maximum absolute atomic E-state index is 12.8. The fourth-order valence-electron chi connectivity index (χ4n) is 4.76. The van der Waals surface area contributed by atoms with Crippen molar-refractivity contribution in [1.29, 1.82) is 0 Å². The van der Waals surface area contributed by atoms with E-state index in [4.69, 9.17) is 9.72 Å². The van der Waals surface area contributed by atoms with Gasteiger partial charge in [0.25, 0.3) is 0 Å². The minimum atomic E-state index is 0.101. The van der Waals surface area contributed by atoms with Crippen LogP contribution in [0.3, 0.4) is 0 Å². The fourth-order valence-corrected chi connectivity index (χ4v) is 4.76. The first-order valence-electron chi connectivity index (χ1n) is 12.1. The van der Waals surface area contributed by atoms with Gasteiger partial charge in [-0.3, -0.25) is 4.79 Å². The number of para-hydroxylation sites is 2. The minimum Gasteiger partial charge on any atom is -0.494 e. The van der Waals surface area contributed by atoms with Crippen molar-refractivity contribution in [2.45, 2.75) is 45.7 Å². The van der Waals surface area contributed by atoms with Crippen LogP contribution in [-0.4, -0.2) is 33.5 Å². The molecule has 0 spiro atoms. The monoisotopic (exact) mass is 453 g/mol. The van der Waals surface area contributed by atoms with Gasteiger partial charge in [-0.2, -0.15) is 0 Å². The fraction of sp³-hybridized carbons (Fsp3) is 0.310. The summed E-state index contributed by atoms with van der Waals surface area (Å²) in [5.74, 6) is 2.22. The topological polar surface area (TPSA) is 47.4 Å². The first kappa shape index (κ1) is 22.2. The quantitative estimate of drug-likeness (QED) is 0.325. The molecule has 4 aromatic rings. The normalized spacial score (nSPS) is 15.9. The van der Waals surface area contributed by atoms with Gasteiger partial charge in [0.15, 0.2) is 0 Å². The molecule has 5 nitrogen and oxygen atoms in total. The highest BCUT2D eigenvalue weighted by molar-refractivity contribution is 5.81. The van der Waals surface area contributed by atoms with Gasteiger partial charge in [-0.05, 0) is 61.2 Å². The summed E-state index contributed by atoms with van der Waals surface area (Å²) in [5.41, 5.74) is 5.79. The SMILES string of the molecule is Cc1ccc(OCCCn2c(C3CC(=O)N(Cc4ccccc4)C3)nc3ccccc32)cc1C. The number of imidazole rings is 1. The summed E-state index contributed by atoms with van der Waals surface area (Å²) in [6.07, 6.45) is 1.38. The number of aromatic nitrogens is 2. The van der Waals surface area contributed by atoms with E-state index in [0.717, 1.165) is 41.1 Å². The number of benzene rings is 3. The molecule has 2 heterocycles. The van der Waals surface area contributed by atoms with Crippen molar-refractivity contribution >= 4 is 16.9 Å². The van der Waals surface area contributed by atoms with E-state index >= 15 is 0 Å². The average Bonchev–Trinajstić information content (AvgIpc) is 3.40. The van der Waals surface area contributed by atoms with E-state index in [-0.39, 0.29) is 11.8 Å². The van der Waals surface area contributed by atoms with Crippen LogP contribution >= 0.6 is 0 Å². The molecule has 1 aliphatic heterocycles. The zero-order valence-corrected chi connectivity index (χ0v) is 19.9. The highest BCUT2D eigenvalue weighted by Gasteiger charge is 2.33. The number of amides is 1. The van der Waals surface area contributed by atoms with Gasteiger partial charge >= 0.3 is 0 Å². The number of hydrogen-bond donors (Lipinski definition) is 0. The molecule has 1 unspecified atom stereocenters. The highest BCUT2D eigenvalue weighted by Crippen LogP contribution is 2.31. The van der Waals surface area contributed by atoms with Gasteiger partial charge in [-0.1, -0.05) is 48.5 Å². The van der Waals surface area contributed by atoms with Gasteiger partial charge in [0.1, 0.15) is 11.6 Å². The molecule has 1 fully saturated rings. The van der Waals surface area contributed by atoms with Crippen LogP contribution in [0, 0.1) is 13.8 Å². The highest BCUT2D eigenvalue weighted by atomic mass is 16.5. The van der Waals surface area contributed by atoms with Crippen LogP contribution in [0.5, 0.6) is 5.75 Å². The summed E-state index contributed by atoms with van der Waals surface area (Å²) in [4.78, 5) is 19.8. The number of fused-ring (bicyclic) bond motifs is 1. The first-order chi connectivity index (χ1) is 16.6. The lowest BCUT2D eigenvalue weighted by Gasteiger charge is -2.17. The molecule has 1 aliphatic rings. The third-order valence-corrected chi connectivity index (χ3v) is 6.75. The summed E-state index contributed by atoms with van der Waals surface area (Å²) in [7, 11) is 0. The van der Waals surface area contributed by atoms with Crippen LogP contribution in [0.4, 0.5) is 0 Å². The van der Waals surface area contributed by atoms with Crippen LogP contribution in [0.15, 0.2) is 72.8 Å². The van der Waals surface area contributed by atoms with Crippen LogP contribution in [0.1, 0.15) is 41.3 Å². The van der Waals surface area contributed by atoms with Gasteiger partial charge in [0.05, 0.1) is 17.6 Å². The zero-order valence-electron chi connectivity index (χ0n) is 19.9. The lowest BCUT2D eigenvalue weighted by Crippen LogP contribution is -2.24. The summed E-state index contributed by atoms with van der Waals surface area (Å²) in [6.45, 7) is 7.02. The Morgan fingerprint density at radius 2 is 1.76 bits per heavy atom. The molecular weight excluding hydrogens is 422 g/mol. The summed E-state index contributed by atoms with van der Waals surface area (Å²) >= 11 is 0. The Balaban J connectivity index is 1.30. The molecule has 1 atom stereocenters. The lowest BCUT2D eigenvalue weighted by molar-refractivity contribution is -0.128. The number of aryl methyl sites for hydroxylation is 3. The van der Waals surface area contributed by atoms with Crippen molar-refractivity contribution in [2.75, 3.05) is 13.2 Å². The Labute approximate surface area is 201 Å². The standard InChI is InChI=1S/C29H31N3O2/c1-21-13-14-25(17-22(21)2)34-16-8-15-32-27-12-7-6-11-26(27)30-29(32)24-18-28(33)31(20-24)19-23-9-4-3-5-10-23/h3-7,9-14,17,24H,8,15-16,18-20H2,1-2H3. The Bertz CT molecular complexity index is 1300. The maximum atomic E-state index is 12.8. The molecule has 0 bridgehead atoms. The maximum Gasteiger partial charge on any atom is 0.223 e. The predicted octanol–water partition coefficient (Wildman–Crippen LogP) is 5.64. The lowest BCUT2D eigenvalue weighted by atomic mass is 10.1. The van der Waals surface area contributed by atoms with Crippen molar-refractivity contribution in [1.82, 2.24) is 14.5 Å². The Hall–Kier alpha value is -3.60. The number of likely N-dealkylation sites (tertiary alicyclic amines) is 1. The molecular formula is C29H31N3O2. The number of hydrogen-bond acceptors (Lipinski definition) is 3. The number of ether oxygens (including phenoxy) is 1. The van der Waals surface area contributed by atoms with Gasteiger partial charge < -0.3 is 14.2 Å². The third-order valence-electron chi connectivity index (χ3n) is 6.75. The second kappa shape index (κ2) is 9.72. The van der Waals surface area contributed by atoms with E-state index in [2.05, 4.69) is 60.9 Å². The largest absolute Gasteiger partial charge is 0.494 e. The number of carbonyl (C=O) groups is 1. The van der Waals surface area contributed by atoms with E-state index in [1.54, 1.807) is 0 Å². The molecule has 0 radical (unpaired) electrons.